The zero-order valence-electron chi connectivity index (χ0n) is 69.2. The predicted octanol–water partition coefficient (Wildman–Crippen LogP) is 34.7. The molecule has 0 radical (unpaired) electrons. The van der Waals surface area contributed by atoms with Crippen LogP contribution in [0.4, 0.5) is 0 Å². The van der Waals surface area contributed by atoms with E-state index in [2.05, 4.69) is 419 Å². The molecule has 0 atom stereocenters. The lowest BCUT2D eigenvalue weighted by Gasteiger charge is -2.12. The van der Waals surface area contributed by atoms with Crippen LogP contribution >= 0.6 is 22.7 Å². The van der Waals surface area contributed by atoms with Gasteiger partial charge in [0.05, 0.1) is 49.8 Å². The molecule has 0 saturated heterocycles. The van der Waals surface area contributed by atoms with Crippen molar-refractivity contribution in [2.45, 2.75) is 0 Å². The van der Waals surface area contributed by atoms with E-state index in [1.807, 2.05) is 46.9 Å². The van der Waals surface area contributed by atoms with Crippen molar-refractivity contribution in [1.82, 2.24) is 18.3 Å². The molecule has 0 saturated carbocycles. The van der Waals surface area contributed by atoms with E-state index in [-0.39, 0.29) is 0 Å². The lowest BCUT2D eigenvalue weighted by Crippen LogP contribution is -1.95. The Morgan fingerprint density at radius 1 is 0.171 bits per heavy atom. The third-order valence-corrected chi connectivity index (χ3v) is 29.4. The van der Waals surface area contributed by atoms with Gasteiger partial charge in [0.25, 0.3) is 0 Å². The van der Waals surface area contributed by atoms with E-state index in [1.54, 1.807) is 0 Å². The van der Waals surface area contributed by atoms with E-state index in [0.717, 1.165) is 88.6 Å². The highest BCUT2D eigenvalue weighted by atomic mass is 32.1. The first-order valence-electron chi connectivity index (χ1n) is 43.9. The molecule has 0 aliphatic heterocycles. The van der Waals surface area contributed by atoms with Crippen LogP contribution in [-0.4, -0.2) is 18.3 Å². The van der Waals surface area contributed by atoms with Crippen LogP contribution in [0.5, 0.6) is 0 Å². The normalized spacial score (nSPS) is 12.2. The fraction of sp³-hybridized carbons (Fsp3) is 0. The van der Waals surface area contributed by atoms with Gasteiger partial charge in [-0.1, -0.05) is 291 Å². The second-order valence-corrected chi connectivity index (χ2v) is 36.1. The maximum atomic E-state index is 6.51. The molecule has 30 aromatic rings. The summed E-state index contributed by atoms with van der Waals surface area (Å²) in [6, 6.07) is 153. The molecule has 9 aromatic heterocycles. The van der Waals surface area contributed by atoms with Crippen LogP contribution < -0.4 is 0 Å². The number of nitrogens with zero attached hydrogens (tertiary/aromatic N) is 4. The van der Waals surface area contributed by atoms with E-state index >= 15 is 0 Å². The number of rotatable bonds is 6. The Kier molecular flexibility index (Phi) is 15.6. The summed E-state index contributed by atoms with van der Waals surface area (Å²) >= 11 is 3.74. The molecule has 0 unspecified atom stereocenters. The average molecular weight is 1680 g/mol. The Balaban J connectivity index is 0.0000000985. The molecular formula is C120H70N4O3S2. The molecule has 0 bridgehead atoms. The van der Waals surface area contributed by atoms with Gasteiger partial charge in [-0.15, -0.1) is 22.7 Å². The molecule has 21 aromatic carbocycles. The second-order valence-electron chi connectivity index (χ2n) is 33.9. The maximum absolute atomic E-state index is 6.51. The van der Waals surface area contributed by atoms with Gasteiger partial charge in [0.15, 0.2) is 5.58 Å². The Bertz CT molecular complexity index is 9980. The Labute approximate surface area is 744 Å². The van der Waals surface area contributed by atoms with Crippen LogP contribution in [0.15, 0.2) is 438 Å². The largest absolute Gasteiger partial charge is 0.456 e. The van der Waals surface area contributed by atoms with Gasteiger partial charge in [-0.2, -0.15) is 0 Å². The number of para-hydroxylation sites is 10. The zero-order valence-corrected chi connectivity index (χ0v) is 70.9. The van der Waals surface area contributed by atoms with Crippen LogP contribution in [-0.2, 0) is 0 Å². The van der Waals surface area contributed by atoms with Crippen molar-refractivity contribution in [2.75, 3.05) is 0 Å². The lowest BCUT2D eigenvalue weighted by atomic mass is 10.0. The number of hydrogen-bond acceptors (Lipinski definition) is 5. The van der Waals surface area contributed by atoms with Gasteiger partial charge in [-0.05, 0) is 166 Å². The summed E-state index contributed by atoms with van der Waals surface area (Å²) in [6.45, 7) is 0. The number of aromatic nitrogens is 4. The van der Waals surface area contributed by atoms with E-state index in [0.29, 0.717) is 0 Å². The molecule has 0 spiro atoms. The Morgan fingerprint density at radius 2 is 0.535 bits per heavy atom. The average Bonchev–Trinajstić information content (AvgIpc) is 1.55. The quantitative estimate of drug-likeness (QED) is 0.167. The molecule has 0 amide bonds. The summed E-state index contributed by atoms with van der Waals surface area (Å²) < 4.78 is 34.1. The van der Waals surface area contributed by atoms with E-state index < -0.39 is 0 Å². The Hall–Kier alpha value is -16.6. The van der Waals surface area contributed by atoms with Crippen LogP contribution in [0.25, 0.3) is 271 Å². The molecule has 9 heterocycles. The van der Waals surface area contributed by atoms with Gasteiger partial charge < -0.3 is 31.5 Å². The van der Waals surface area contributed by atoms with E-state index in [1.165, 1.54) is 182 Å². The van der Waals surface area contributed by atoms with Crippen molar-refractivity contribution in [1.29, 1.82) is 0 Å². The van der Waals surface area contributed by atoms with Crippen molar-refractivity contribution in [3.05, 3.63) is 425 Å². The third kappa shape index (κ3) is 10.7. The SMILES string of the molecule is c1ccc(-n2c3ccccc3c3cc(-c4ccc(-n5c6ccccc6c6ccc7c(ccc8oc9ccccc9c87)c65)cc4)ccc32)cc1.c1ccc2c(c1)oc1c(-c3ccc(-n4c5ccccc5c5ccc6c(ccc7sc8ccccc8c76)c54)cc3)cccc12.c1ccc2c(c1)oc1c(-n3c4ccccc4c4ccc5c(ccc6sc7ccccc7c65)c43)cccc12. The van der Waals surface area contributed by atoms with Crippen molar-refractivity contribution in [3.8, 4) is 45.0 Å². The summed E-state index contributed by atoms with van der Waals surface area (Å²) in [5.41, 5.74) is 24.5. The van der Waals surface area contributed by atoms with Crippen LogP contribution in [0.1, 0.15) is 0 Å². The van der Waals surface area contributed by atoms with Crippen LogP contribution in [0.2, 0.25) is 0 Å². The smallest absolute Gasteiger partial charge is 0.159 e. The fourth-order valence-electron chi connectivity index (χ4n) is 21.5. The summed E-state index contributed by atoms with van der Waals surface area (Å²) in [6.07, 6.45) is 0. The molecular weight excluding hydrogens is 1610 g/mol. The maximum Gasteiger partial charge on any atom is 0.159 e. The minimum absolute atomic E-state index is 0.919. The molecule has 600 valence electrons. The Morgan fingerprint density at radius 3 is 1.09 bits per heavy atom. The van der Waals surface area contributed by atoms with Gasteiger partial charge in [-0.25, -0.2) is 0 Å². The van der Waals surface area contributed by atoms with E-state index in [4.69, 9.17) is 13.3 Å². The number of hydrogen-bond donors (Lipinski definition) is 0. The van der Waals surface area contributed by atoms with Crippen LogP contribution in [0.3, 0.4) is 0 Å². The first-order chi connectivity index (χ1) is 64.0. The standard InChI is InChI=1S/C46H28N2O.C40H23NOS.C34H19NOS/c1-2-10-31(11-3-1)47-40-15-7-5-13-34(40)39-28-30(20-26-42(39)47)29-18-21-32(22-19-29)48-41-16-8-4-12-33(41)36-24-23-35-37(46(36)48)25-27-44-45(35)38-14-6-9-17-43(38)49-44;1-4-13-34-27(8-1)30-21-20-29-31(22-23-37-38(29)33-10-3-6-15-36(33)43-37)39(30)41(34)25-18-16-24(17-19-25)26-11-7-12-32-28-9-2-5-14-35(28)42-40(26)32;1-4-12-27-20(8-1)23-17-16-22-24(18-19-31-32(22)26-10-3-6-15-30(26)37-31)33(23)35(27)28-13-7-11-25-21-9-2-5-14-29(21)36-34(25)28/h1-28H;1-23H;1-19H. The molecule has 0 aliphatic carbocycles. The molecule has 30 rings (SSSR count). The molecule has 0 fully saturated rings. The highest BCUT2D eigenvalue weighted by molar-refractivity contribution is 7.26. The van der Waals surface area contributed by atoms with Crippen LogP contribution in [0, 0.1) is 0 Å². The van der Waals surface area contributed by atoms with Crippen molar-refractivity contribution >= 4 is 248 Å². The minimum atomic E-state index is 0.919. The van der Waals surface area contributed by atoms with Crippen molar-refractivity contribution in [3.63, 3.8) is 0 Å². The first kappa shape index (κ1) is 71.8. The van der Waals surface area contributed by atoms with Gasteiger partial charge >= 0.3 is 0 Å². The molecule has 9 heteroatoms. The molecule has 129 heavy (non-hydrogen) atoms. The van der Waals surface area contributed by atoms with Gasteiger partial charge in [0, 0.05) is 155 Å². The number of benzene rings is 21. The van der Waals surface area contributed by atoms with E-state index in [9.17, 15) is 0 Å². The number of furan rings is 3. The molecule has 0 aliphatic rings. The second kappa shape index (κ2) is 28.0. The zero-order chi connectivity index (χ0) is 84.2. The highest BCUT2D eigenvalue weighted by Crippen LogP contribution is 2.50. The minimum Gasteiger partial charge on any atom is -0.456 e. The summed E-state index contributed by atoms with van der Waals surface area (Å²) in [4.78, 5) is 0. The summed E-state index contributed by atoms with van der Waals surface area (Å²) in [5.74, 6) is 0. The summed E-state index contributed by atoms with van der Waals surface area (Å²) in [5, 5.41) is 29.9. The number of thiophene rings is 2. The monoisotopic (exact) mass is 1680 g/mol. The third-order valence-electron chi connectivity index (χ3n) is 27.1. The predicted molar refractivity (Wildman–Crippen MR) is 548 cm³/mol. The van der Waals surface area contributed by atoms with Crippen molar-refractivity contribution < 1.29 is 13.3 Å². The fourth-order valence-corrected chi connectivity index (χ4v) is 23.8. The molecule has 7 nitrogen and oxygen atoms in total. The first-order valence-corrected chi connectivity index (χ1v) is 45.5. The van der Waals surface area contributed by atoms with Gasteiger partial charge in [0.2, 0.25) is 0 Å². The molecule has 0 N–H and O–H groups in total. The number of fused-ring (bicyclic) bond motifs is 36. The highest BCUT2D eigenvalue weighted by Gasteiger charge is 2.26. The lowest BCUT2D eigenvalue weighted by molar-refractivity contribution is 0.666. The van der Waals surface area contributed by atoms with Gasteiger partial charge in [-0.3, -0.25) is 0 Å². The van der Waals surface area contributed by atoms with Gasteiger partial charge in [0.1, 0.15) is 27.9 Å². The van der Waals surface area contributed by atoms with Crippen molar-refractivity contribution in [2.24, 2.45) is 0 Å². The summed E-state index contributed by atoms with van der Waals surface area (Å²) in [7, 11) is 0. The topological polar surface area (TPSA) is 59.1 Å².